The van der Waals surface area contributed by atoms with E-state index in [4.69, 9.17) is 0 Å². The van der Waals surface area contributed by atoms with Crippen molar-refractivity contribution in [3.8, 4) is 0 Å². The Morgan fingerprint density at radius 1 is 1.19 bits per heavy atom. The van der Waals surface area contributed by atoms with E-state index >= 15 is 0 Å². The van der Waals surface area contributed by atoms with E-state index in [1.54, 1.807) is 6.08 Å². The minimum absolute atomic E-state index is 0.301. The Morgan fingerprint density at radius 3 is 2.71 bits per heavy atom. The number of aliphatic hydroxyl groups excluding tert-OH is 1. The van der Waals surface area contributed by atoms with E-state index in [1.165, 1.54) is 18.4 Å². The fraction of sp³-hybridized carbons (Fsp3) is 0.500. The molecule has 2 heterocycles. The second-order valence-corrected chi connectivity index (χ2v) is 9.10. The van der Waals surface area contributed by atoms with Crippen molar-refractivity contribution in [3.05, 3.63) is 64.8 Å². The average molecular weight is 421 g/mol. The van der Waals surface area contributed by atoms with Crippen LogP contribution in [-0.2, 0) is 16.0 Å². The number of rotatable bonds is 9. The van der Waals surface area contributed by atoms with Crippen LogP contribution >= 0.6 is 0 Å². The zero-order valence-electron chi connectivity index (χ0n) is 18.1. The summed E-state index contributed by atoms with van der Waals surface area (Å²) in [5.74, 6) is 1.97. The second-order valence-electron chi connectivity index (χ2n) is 9.10. The Balaban J connectivity index is 1.33. The van der Waals surface area contributed by atoms with Crippen molar-refractivity contribution >= 4 is 12.6 Å². The van der Waals surface area contributed by atoms with Gasteiger partial charge in [-0.25, -0.2) is 0 Å². The van der Waals surface area contributed by atoms with E-state index in [9.17, 15) is 14.7 Å². The SMILES string of the molecule is O=CCC(c1ccnc(CCC2CCN(C3=C(C=O)C=CCC(O)=C3)CC2)c1)C1CC1. The Bertz CT molecular complexity index is 890. The highest BCUT2D eigenvalue weighted by molar-refractivity contribution is 5.80. The van der Waals surface area contributed by atoms with Gasteiger partial charge < -0.3 is 14.8 Å². The number of piperidine rings is 1. The predicted octanol–water partition coefficient (Wildman–Crippen LogP) is 4.66. The van der Waals surface area contributed by atoms with Crippen LogP contribution in [0.25, 0.3) is 0 Å². The van der Waals surface area contributed by atoms with Crippen LogP contribution in [0.4, 0.5) is 0 Å². The lowest BCUT2D eigenvalue weighted by Gasteiger charge is -2.34. The van der Waals surface area contributed by atoms with Crippen LogP contribution in [0, 0.1) is 11.8 Å². The number of pyridine rings is 1. The minimum atomic E-state index is 0.301. The molecule has 0 amide bonds. The van der Waals surface area contributed by atoms with Gasteiger partial charge >= 0.3 is 0 Å². The maximum absolute atomic E-state index is 11.5. The summed E-state index contributed by atoms with van der Waals surface area (Å²) in [7, 11) is 0. The molecule has 1 atom stereocenters. The first kappa shape index (κ1) is 21.5. The number of hydrogen-bond acceptors (Lipinski definition) is 5. The first-order valence-corrected chi connectivity index (χ1v) is 11.6. The molecule has 1 unspecified atom stereocenters. The van der Waals surface area contributed by atoms with Crippen molar-refractivity contribution in [1.82, 2.24) is 9.88 Å². The molecule has 1 aromatic heterocycles. The smallest absolute Gasteiger partial charge is 0.152 e. The van der Waals surface area contributed by atoms with Gasteiger partial charge in [0.2, 0.25) is 0 Å². The van der Waals surface area contributed by atoms with E-state index in [1.807, 2.05) is 18.3 Å². The number of aliphatic hydroxyl groups is 1. The van der Waals surface area contributed by atoms with Crippen LogP contribution in [0.1, 0.15) is 62.1 Å². The quantitative estimate of drug-likeness (QED) is 0.588. The number of carbonyl (C=O) groups excluding carboxylic acids is 2. The number of allylic oxidation sites excluding steroid dienone is 4. The molecule has 0 bridgehead atoms. The maximum atomic E-state index is 11.5. The molecule has 1 saturated carbocycles. The fourth-order valence-electron chi connectivity index (χ4n) is 4.95. The van der Waals surface area contributed by atoms with Crippen LogP contribution in [0.5, 0.6) is 0 Å². The first-order valence-electron chi connectivity index (χ1n) is 11.6. The summed E-state index contributed by atoms with van der Waals surface area (Å²) in [6.45, 7) is 1.79. The molecule has 0 radical (unpaired) electrons. The molecule has 31 heavy (non-hydrogen) atoms. The summed E-state index contributed by atoms with van der Waals surface area (Å²) in [4.78, 5) is 29.4. The molecular weight excluding hydrogens is 388 g/mol. The largest absolute Gasteiger partial charge is 0.512 e. The van der Waals surface area contributed by atoms with Crippen molar-refractivity contribution < 1.29 is 14.7 Å². The topological polar surface area (TPSA) is 70.5 Å². The predicted molar refractivity (Wildman–Crippen MR) is 121 cm³/mol. The molecule has 5 nitrogen and oxygen atoms in total. The summed E-state index contributed by atoms with van der Waals surface area (Å²) in [5, 5.41) is 10.0. The molecule has 164 valence electrons. The number of nitrogens with zero attached hydrogens (tertiary/aromatic N) is 2. The zero-order chi connectivity index (χ0) is 21.6. The highest BCUT2D eigenvalue weighted by Crippen LogP contribution is 2.44. The summed E-state index contributed by atoms with van der Waals surface area (Å²) < 4.78 is 0. The van der Waals surface area contributed by atoms with Crippen LogP contribution in [0.2, 0.25) is 0 Å². The lowest BCUT2D eigenvalue weighted by molar-refractivity contribution is -0.108. The van der Waals surface area contributed by atoms with Gasteiger partial charge in [-0.3, -0.25) is 9.78 Å². The molecule has 1 saturated heterocycles. The van der Waals surface area contributed by atoms with Gasteiger partial charge in [-0.15, -0.1) is 0 Å². The molecular formula is C26H32N2O3. The van der Waals surface area contributed by atoms with Gasteiger partial charge in [-0.2, -0.15) is 0 Å². The van der Waals surface area contributed by atoms with E-state index < -0.39 is 0 Å². The number of aryl methyl sites for hydroxylation is 1. The average Bonchev–Trinajstić information content (AvgIpc) is 3.64. The number of aromatic nitrogens is 1. The molecule has 2 fully saturated rings. The van der Waals surface area contributed by atoms with Crippen LogP contribution in [-0.4, -0.2) is 40.7 Å². The second kappa shape index (κ2) is 10.1. The van der Waals surface area contributed by atoms with Crippen LogP contribution < -0.4 is 0 Å². The van der Waals surface area contributed by atoms with Gasteiger partial charge in [0.15, 0.2) is 6.29 Å². The van der Waals surface area contributed by atoms with Crippen LogP contribution in [0.15, 0.2) is 53.6 Å². The summed E-state index contributed by atoms with van der Waals surface area (Å²) >= 11 is 0. The zero-order valence-corrected chi connectivity index (χ0v) is 18.1. The van der Waals surface area contributed by atoms with Gasteiger partial charge in [-0.1, -0.05) is 12.2 Å². The maximum Gasteiger partial charge on any atom is 0.152 e. The molecule has 1 N–H and O–H groups in total. The fourth-order valence-corrected chi connectivity index (χ4v) is 4.95. The van der Waals surface area contributed by atoms with Crippen molar-refractivity contribution in [3.63, 3.8) is 0 Å². The molecule has 5 heteroatoms. The van der Waals surface area contributed by atoms with Crippen molar-refractivity contribution in [2.24, 2.45) is 11.8 Å². The summed E-state index contributed by atoms with van der Waals surface area (Å²) in [6, 6.07) is 4.30. The Hall–Kier alpha value is -2.69. The third-order valence-electron chi connectivity index (χ3n) is 6.92. The third kappa shape index (κ3) is 5.52. The van der Waals surface area contributed by atoms with E-state index in [-0.39, 0.29) is 0 Å². The standard InChI is InChI=1S/C26H32N2O3/c29-15-11-25(20-5-6-20)21-8-12-27-23(16-21)7-4-19-9-13-28(14-10-19)26-17-24(31)3-1-2-22(26)18-30/h1-2,8,12,15-20,25,31H,3-7,9-11,13-14H2. The van der Waals surface area contributed by atoms with E-state index in [0.29, 0.717) is 41.9 Å². The van der Waals surface area contributed by atoms with Crippen LogP contribution in [0.3, 0.4) is 0 Å². The third-order valence-corrected chi connectivity index (χ3v) is 6.92. The molecule has 0 aromatic carbocycles. The van der Waals surface area contributed by atoms with Gasteiger partial charge in [-0.05, 0) is 80.1 Å². The normalized spacial score (nSPS) is 20.9. The van der Waals surface area contributed by atoms with E-state index in [0.717, 1.165) is 62.7 Å². The highest BCUT2D eigenvalue weighted by Gasteiger charge is 2.32. The Kier molecular flexibility index (Phi) is 7.00. The minimum Gasteiger partial charge on any atom is -0.512 e. The Labute approximate surface area is 184 Å². The first-order chi connectivity index (χ1) is 15.2. The lowest BCUT2D eigenvalue weighted by Crippen LogP contribution is -2.33. The number of carbonyl (C=O) groups is 2. The molecule has 1 aromatic rings. The Morgan fingerprint density at radius 2 is 2.00 bits per heavy atom. The summed E-state index contributed by atoms with van der Waals surface area (Å²) in [6.07, 6.45) is 17.0. The van der Waals surface area contributed by atoms with Gasteiger partial charge in [0.05, 0.1) is 11.5 Å². The number of aldehydes is 2. The molecule has 0 spiro atoms. The highest BCUT2D eigenvalue weighted by atomic mass is 16.3. The van der Waals surface area contributed by atoms with Gasteiger partial charge in [0.25, 0.3) is 0 Å². The molecule has 4 rings (SSSR count). The van der Waals surface area contributed by atoms with Crippen molar-refractivity contribution in [2.45, 2.75) is 57.3 Å². The molecule has 1 aliphatic heterocycles. The number of hydrogen-bond donors (Lipinski definition) is 1. The number of likely N-dealkylation sites (tertiary alicyclic amines) is 1. The molecule has 3 aliphatic rings. The lowest BCUT2D eigenvalue weighted by atomic mass is 9.89. The van der Waals surface area contributed by atoms with Crippen molar-refractivity contribution in [2.75, 3.05) is 13.1 Å². The molecule has 2 aliphatic carbocycles. The van der Waals surface area contributed by atoms with E-state index in [2.05, 4.69) is 22.0 Å². The van der Waals surface area contributed by atoms with Gasteiger partial charge in [0.1, 0.15) is 6.29 Å². The van der Waals surface area contributed by atoms with Gasteiger partial charge in [0, 0.05) is 43.4 Å². The summed E-state index contributed by atoms with van der Waals surface area (Å²) in [5.41, 5.74) is 3.89. The van der Waals surface area contributed by atoms with Crippen molar-refractivity contribution in [1.29, 1.82) is 0 Å². The monoisotopic (exact) mass is 420 g/mol.